The van der Waals surface area contributed by atoms with E-state index in [0.717, 1.165) is 17.7 Å². The van der Waals surface area contributed by atoms with Crippen LogP contribution in [0.5, 0.6) is 11.5 Å². The number of benzene rings is 2. The fourth-order valence-corrected chi connectivity index (χ4v) is 2.88. The maximum Gasteiger partial charge on any atom is 0.255 e. The maximum absolute atomic E-state index is 12.5. The lowest BCUT2D eigenvalue weighted by atomic mass is 10.1. The number of primary amides is 1. The lowest BCUT2D eigenvalue weighted by Gasteiger charge is -2.15. The summed E-state index contributed by atoms with van der Waals surface area (Å²) < 4.78 is 10.6. The summed E-state index contributed by atoms with van der Waals surface area (Å²) in [5.41, 5.74) is 8.02. The molecular weight excluding hydrogens is 332 g/mol. The molecule has 6 nitrogen and oxygen atoms in total. The average Bonchev–Trinajstić information content (AvgIpc) is 3.08. The molecule has 0 saturated carbocycles. The van der Waals surface area contributed by atoms with E-state index in [2.05, 4.69) is 0 Å². The van der Waals surface area contributed by atoms with Gasteiger partial charge in [-0.2, -0.15) is 0 Å². The minimum absolute atomic E-state index is 0.0667. The first-order valence-electron chi connectivity index (χ1n) is 8.25. The number of ether oxygens (including phenoxy) is 2. The number of fused-ring (bicyclic) bond motifs is 1. The standard InChI is InChI=1S/C20H20N2O4/c1-25-18-12-14(6-8-17(18)26-13-19(21)23)7-9-20(24)22-11-10-15-4-2-3-5-16(15)22/h2-9,12H,10-11,13H2,1H3,(H2,21,23)/b9-7+. The first kappa shape index (κ1) is 17.5. The van der Waals surface area contributed by atoms with Crippen molar-refractivity contribution in [3.05, 3.63) is 59.7 Å². The van der Waals surface area contributed by atoms with Crippen molar-refractivity contribution in [3.63, 3.8) is 0 Å². The van der Waals surface area contributed by atoms with Crippen molar-refractivity contribution in [1.29, 1.82) is 0 Å². The Morgan fingerprint density at radius 2 is 2.00 bits per heavy atom. The van der Waals surface area contributed by atoms with Crippen LogP contribution in [0.1, 0.15) is 11.1 Å². The molecule has 2 amide bonds. The highest BCUT2D eigenvalue weighted by molar-refractivity contribution is 6.05. The summed E-state index contributed by atoms with van der Waals surface area (Å²) in [5, 5.41) is 0. The second kappa shape index (κ2) is 7.74. The molecule has 0 atom stereocenters. The zero-order chi connectivity index (χ0) is 18.5. The summed E-state index contributed by atoms with van der Waals surface area (Å²) in [5.74, 6) is 0.256. The largest absolute Gasteiger partial charge is 0.493 e. The molecule has 1 aliphatic heterocycles. The molecule has 2 N–H and O–H groups in total. The number of hydrogen-bond donors (Lipinski definition) is 1. The lowest BCUT2D eigenvalue weighted by Crippen LogP contribution is -2.26. The molecule has 0 bridgehead atoms. The van der Waals surface area contributed by atoms with E-state index >= 15 is 0 Å². The van der Waals surface area contributed by atoms with E-state index in [1.807, 2.05) is 24.3 Å². The van der Waals surface area contributed by atoms with Crippen molar-refractivity contribution in [2.24, 2.45) is 5.73 Å². The SMILES string of the molecule is COc1cc(/C=C/C(=O)N2CCc3ccccc32)ccc1OCC(N)=O. The van der Waals surface area contributed by atoms with Crippen LogP contribution in [0.3, 0.4) is 0 Å². The first-order chi connectivity index (χ1) is 12.6. The van der Waals surface area contributed by atoms with Crippen LogP contribution in [0.15, 0.2) is 48.5 Å². The second-order valence-electron chi connectivity index (χ2n) is 5.87. The quantitative estimate of drug-likeness (QED) is 0.808. The fraction of sp³-hybridized carbons (Fsp3) is 0.200. The molecule has 1 aliphatic rings. The van der Waals surface area contributed by atoms with E-state index in [0.29, 0.717) is 18.0 Å². The molecule has 1 heterocycles. The van der Waals surface area contributed by atoms with Crippen LogP contribution in [-0.4, -0.2) is 32.1 Å². The first-order valence-corrected chi connectivity index (χ1v) is 8.25. The van der Waals surface area contributed by atoms with Crippen molar-refractivity contribution in [1.82, 2.24) is 0 Å². The van der Waals surface area contributed by atoms with Crippen LogP contribution >= 0.6 is 0 Å². The van der Waals surface area contributed by atoms with Gasteiger partial charge in [0.15, 0.2) is 18.1 Å². The molecule has 3 rings (SSSR count). The Morgan fingerprint density at radius 1 is 1.19 bits per heavy atom. The minimum atomic E-state index is -0.562. The molecular formula is C20H20N2O4. The summed E-state index contributed by atoms with van der Waals surface area (Å²) in [6.07, 6.45) is 4.14. The number of rotatable bonds is 6. The van der Waals surface area contributed by atoms with E-state index in [9.17, 15) is 9.59 Å². The van der Waals surface area contributed by atoms with Gasteiger partial charge in [0.25, 0.3) is 11.8 Å². The molecule has 0 radical (unpaired) electrons. The van der Waals surface area contributed by atoms with Crippen molar-refractivity contribution < 1.29 is 19.1 Å². The van der Waals surface area contributed by atoms with Gasteiger partial charge in [-0.05, 0) is 41.8 Å². The molecule has 0 saturated heterocycles. The minimum Gasteiger partial charge on any atom is -0.493 e. The highest BCUT2D eigenvalue weighted by Gasteiger charge is 2.22. The van der Waals surface area contributed by atoms with Gasteiger partial charge in [-0.25, -0.2) is 0 Å². The third-order valence-corrected chi connectivity index (χ3v) is 4.13. The van der Waals surface area contributed by atoms with Crippen LogP contribution in [0.25, 0.3) is 6.08 Å². The van der Waals surface area contributed by atoms with Gasteiger partial charge in [0, 0.05) is 18.3 Å². The van der Waals surface area contributed by atoms with E-state index in [1.54, 1.807) is 35.3 Å². The molecule has 6 heteroatoms. The van der Waals surface area contributed by atoms with E-state index < -0.39 is 5.91 Å². The average molecular weight is 352 g/mol. The normalized spacial score (nSPS) is 12.9. The monoisotopic (exact) mass is 352 g/mol. The van der Waals surface area contributed by atoms with Crippen LogP contribution < -0.4 is 20.1 Å². The molecule has 134 valence electrons. The highest BCUT2D eigenvalue weighted by Crippen LogP contribution is 2.29. The van der Waals surface area contributed by atoms with Gasteiger partial charge >= 0.3 is 0 Å². The molecule has 2 aromatic rings. The summed E-state index contributed by atoms with van der Waals surface area (Å²) in [6, 6.07) is 13.1. The van der Waals surface area contributed by atoms with Gasteiger partial charge in [0.2, 0.25) is 0 Å². The molecule has 0 aliphatic carbocycles. The van der Waals surface area contributed by atoms with Crippen molar-refractivity contribution in [3.8, 4) is 11.5 Å². The van der Waals surface area contributed by atoms with Crippen molar-refractivity contribution in [2.75, 3.05) is 25.2 Å². The van der Waals surface area contributed by atoms with E-state index in [1.165, 1.54) is 12.7 Å². The molecule has 0 unspecified atom stereocenters. The van der Waals surface area contributed by atoms with E-state index in [-0.39, 0.29) is 12.5 Å². The van der Waals surface area contributed by atoms with Crippen LogP contribution in [0.4, 0.5) is 5.69 Å². The van der Waals surface area contributed by atoms with Crippen molar-refractivity contribution in [2.45, 2.75) is 6.42 Å². The lowest BCUT2D eigenvalue weighted by molar-refractivity contribution is -0.120. The number of para-hydroxylation sites is 1. The Morgan fingerprint density at radius 3 is 2.77 bits per heavy atom. The van der Waals surface area contributed by atoms with Gasteiger partial charge in [0.1, 0.15) is 0 Å². The number of amides is 2. The molecule has 0 fully saturated rings. The molecule has 0 aromatic heterocycles. The summed E-state index contributed by atoms with van der Waals surface area (Å²) in [4.78, 5) is 25.1. The molecule has 2 aromatic carbocycles. The number of nitrogens with zero attached hydrogens (tertiary/aromatic N) is 1. The van der Waals surface area contributed by atoms with Gasteiger partial charge in [-0.1, -0.05) is 24.3 Å². The smallest absolute Gasteiger partial charge is 0.255 e. The number of anilines is 1. The Labute approximate surface area is 151 Å². The number of nitrogens with two attached hydrogens (primary N) is 1. The Hall–Kier alpha value is -3.28. The van der Waals surface area contributed by atoms with Crippen LogP contribution in [0, 0.1) is 0 Å². The fourth-order valence-electron chi connectivity index (χ4n) is 2.88. The molecule has 26 heavy (non-hydrogen) atoms. The Bertz CT molecular complexity index is 861. The van der Waals surface area contributed by atoms with Crippen LogP contribution in [-0.2, 0) is 16.0 Å². The van der Waals surface area contributed by atoms with Crippen molar-refractivity contribution >= 4 is 23.6 Å². The third kappa shape index (κ3) is 3.85. The Kier molecular flexibility index (Phi) is 5.22. The Balaban J connectivity index is 1.72. The number of carbonyl (C=O) groups excluding carboxylic acids is 2. The number of methoxy groups -OCH3 is 1. The zero-order valence-corrected chi connectivity index (χ0v) is 14.5. The maximum atomic E-state index is 12.5. The summed E-state index contributed by atoms with van der Waals surface area (Å²) in [6.45, 7) is 0.462. The van der Waals surface area contributed by atoms with Gasteiger partial charge in [-0.15, -0.1) is 0 Å². The number of carbonyl (C=O) groups is 2. The third-order valence-electron chi connectivity index (χ3n) is 4.13. The molecule has 0 spiro atoms. The van der Waals surface area contributed by atoms with Crippen LogP contribution in [0.2, 0.25) is 0 Å². The predicted octanol–water partition coefficient (Wildman–Crippen LogP) is 2.16. The second-order valence-corrected chi connectivity index (χ2v) is 5.87. The van der Waals surface area contributed by atoms with Gasteiger partial charge in [0.05, 0.1) is 7.11 Å². The predicted molar refractivity (Wildman–Crippen MR) is 99.2 cm³/mol. The topological polar surface area (TPSA) is 81.9 Å². The van der Waals surface area contributed by atoms with E-state index in [4.69, 9.17) is 15.2 Å². The van der Waals surface area contributed by atoms with Gasteiger partial charge < -0.3 is 20.1 Å². The summed E-state index contributed by atoms with van der Waals surface area (Å²) in [7, 11) is 1.51. The highest BCUT2D eigenvalue weighted by atomic mass is 16.5. The zero-order valence-electron chi connectivity index (χ0n) is 14.5. The van der Waals surface area contributed by atoms with Gasteiger partial charge in [-0.3, -0.25) is 9.59 Å². The number of hydrogen-bond acceptors (Lipinski definition) is 4. The summed E-state index contributed by atoms with van der Waals surface area (Å²) >= 11 is 0.